The Kier molecular flexibility index (Phi) is 5.35. The summed E-state index contributed by atoms with van der Waals surface area (Å²) in [5.74, 6) is -0.786. The number of ether oxygens (including phenoxy) is 4. The Morgan fingerprint density at radius 1 is 1.38 bits per heavy atom. The van der Waals surface area contributed by atoms with Crippen LogP contribution in [0.15, 0.2) is 0 Å². The quantitative estimate of drug-likeness (QED) is 0.692. The van der Waals surface area contributed by atoms with Crippen LogP contribution in [0.3, 0.4) is 0 Å². The standard InChI is InChI=1S/C15H24O6/c1-15(2)20-13(10-6-4-5-7-11(10)17)14(21-15)12(8-18-3)19-9-16/h9-10,12-14H,4-8H2,1-3H3/t10?,12-,13-,14-/m1/s1. The fraction of sp³-hybridized carbons (Fsp3) is 0.867. The van der Waals surface area contributed by atoms with Crippen molar-refractivity contribution in [3.63, 3.8) is 0 Å². The Morgan fingerprint density at radius 3 is 2.76 bits per heavy atom. The van der Waals surface area contributed by atoms with Gasteiger partial charge in [-0.25, -0.2) is 0 Å². The molecular weight excluding hydrogens is 276 g/mol. The van der Waals surface area contributed by atoms with Gasteiger partial charge in [0.15, 0.2) is 11.9 Å². The smallest absolute Gasteiger partial charge is 0.293 e. The molecule has 1 heterocycles. The predicted molar refractivity (Wildman–Crippen MR) is 73.6 cm³/mol. The predicted octanol–water partition coefficient (Wildman–Crippen LogP) is 1.45. The zero-order valence-electron chi connectivity index (χ0n) is 12.9. The first kappa shape index (κ1) is 16.4. The van der Waals surface area contributed by atoms with Crippen LogP contribution in [-0.2, 0) is 28.5 Å². The summed E-state index contributed by atoms with van der Waals surface area (Å²) in [5.41, 5.74) is 0. The average molecular weight is 300 g/mol. The number of hydrogen-bond donors (Lipinski definition) is 0. The molecule has 0 bridgehead atoms. The lowest BCUT2D eigenvalue weighted by Crippen LogP contribution is -2.46. The van der Waals surface area contributed by atoms with Crippen molar-refractivity contribution in [2.45, 2.75) is 63.6 Å². The van der Waals surface area contributed by atoms with Crippen LogP contribution in [0, 0.1) is 5.92 Å². The van der Waals surface area contributed by atoms with E-state index < -0.39 is 24.1 Å². The van der Waals surface area contributed by atoms with Crippen LogP contribution in [0.5, 0.6) is 0 Å². The molecule has 0 aromatic carbocycles. The number of Topliss-reactive ketones (excluding diaryl/α,β-unsaturated/α-hetero) is 1. The lowest BCUT2D eigenvalue weighted by Gasteiger charge is -2.31. The third-order valence-corrected chi connectivity index (χ3v) is 4.09. The molecule has 1 unspecified atom stereocenters. The van der Waals surface area contributed by atoms with Crippen molar-refractivity contribution in [3.8, 4) is 0 Å². The van der Waals surface area contributed by atoms with Gasteiger partial charge >= 0.3 is 0 Å². The molecule has 0 radical (unpaired) electrons. The topological polar surface area (TPSA) is 71.1 Å². The molecule has 6 nitrogen and oxygen atoms in total. The van der Waals surface area contributed by atoms with Gasteiger partial charge in [-0.2, -0.15) is 0 Å². The van der Waals surface area contributed by atoms with Crippen LogP contribution in [0.2, 0.25) is 0 Å². The van der Waals surface area contributed by atoms with Gasteiger partial charge in [-0.05, 0) is 26.7 Å². The number of ketones is 1. The lowest BCUT2D eigenvalue weighted by molar-refractivity contribution is -0.169. The molecule has 1 saturated carbocycles. The maximum Gasteiger partial charge on any atom is 0.293 e. The molecule has 0 spiro atoms. The van der Waals surface area contributed by atoms with Crippen molar-refractivity contribution in [1.29, 1.82) is 0 Å². The molecule has 0 aromatic rings. The minimum absolute atomic E-state index is 0.194. The maximum absolute atomic E-state index is 12.2. The van der Waals surface area contributed by atoms with Crippen LogP contribution >= 0.6 is 0 Å². The highest BCUT2D eigenvalue weighted by atomic mass is 16.8. The molecule has 1 saturated heterocycles. The second kappa shape index (κ2) is 6.85. The van der Waals surface area contributed by atoms with Crippen molar-refractivity contribution in [2.24, 2.45) is 5.92 Å². The molecule has 2 aliphatic rings. The SMILES string of the molecule is COC[C@@H](OC=O)[C@H]1OC(C)(C)O[C@@H]1C1CCCCC1=O. The van der Waals surface area contributed by atoms with Crippen molar-refractivity contribution in [3.05, 3.63) is 0 Å². The van der Waals surface area contributed by atoms with E-state index in [1.807, 2.05) is 0 Å². The lowest BCUT2D eigenvalue weighted by atomic mass is 9.81. The largest absolute Gasteiger partial charge is 0.459 e. The molecule has 4 atom stereocenters. The first-order chi connectivity index (χ1) is 9.98. The zero-order valence-corrected chi connectivity index (χ0v) is 12.9. The Morgan fingerprint density at radius 2 is 2.14 bits per heavy atom. The molecule has 2 fully saturated rings. The Labute approximate surface area is 125 Å². The Bertz CT molecular complexity index is 380. The summed E-state index contributed by atoms with van der Waals surface area (Å²) in [6.45, 7) is 4.20. The summed E-state index contributed by atoms with van der Waals surface area (Å²) >= 11 is 0. The highest BCUT2D eigenvalue weighted by Gasteiger charge is 2.51. The van der Waals surface area contributed by atoms with E-state index in [9.17, 15) is 9.59 Å². The molecule has 2 rings (SSSR count). The minimum Gasteiger partial charge on any atom is -0.459 e. The maximum atomic E-state index is 12.2. The first-order valence-electron chi connectivity index (χ1n) is 7.45. The van der Waals surface area contributed by atoms with Gasteiger partial charge in [-0.3, -0.25) is 9.59 Å². The Hall–Kier alpha value is -0.980. The van der Waals surface area contributed by atoms with Crippen LogP contribution in [0.4, 0.5) is 0 Å². The number of rotatable bonds is 6. The fourth-order valence-corrected chi connectivity index (χ4v) is 3.22. The normalized spacial score (nSPS) is 33.7. The second-order valence-corrected chi connectivity index (χ2v) is 6.11. The highest BCUT2D eigenvalue weighted by Crippen LogP contribution is 2.38. The third-order valence-electron chi connectivity index (χ3n) is 4.09. The second-order valence-electron chi connectivity index (χ2n) is 6.11. The summed E-state index contributed by atoms with van der Waals surface area (Å²) in [4.78, 5) is 22.9. The van der Waals surface area contributed by atoms with E-state index in [-0.39, 0.29) is 18.3 Å². The number of methoxy groups -OCH3 is 1. The molecule has 120 valence electrons. The van der Waals surface area contributed by atoms with Crippen molar-refractivity contribution in [1.82, 2.24) is 0 Å². The van der Waals surface area contributed by atoms with E-state index in [0.29, 0.717) is 12.9 Å². The van der Waals surface area contributed by atoms with Gasteiger partial charge in [0, 0.05) is 19.4 Å². The summed E-state index contributed by atoms with van der Waals surface area (Å²) in [6, 6.07) is 0. The van der Waals surface area contributed by atoms with Crippen molar-refractivity contribution >= 4 is 12.3 Å². The summed E-state index contributed by atoms with van der Waals surface area (Å²) in [7, 11) is 1.53. The van der Waals surface area contributed by atoms with E-state index >= 15 is 0 Å². The van der Waals surface area contributed by atoms with Gasteiger partial charge in [-0.15, -0.1) is 0 Å². The number of hydrogen-bond acceptors (Lipinski definition) is 6. The molecule has 1 aliphatic carbocycles. The van der Waals surface area contributed by atoms with E-state index in [1.165, 1.54) is 7.11 Å². The summed E-state index contributed by atoms with van der Waals surface area (Å²) < 4.78 is 22.0. The molecular formula is C15H24O6. The highest BCUT2D eigenvalue weighted by molar-refractivity contribution is 5.82. The first-order valence-corrected chi connectivity index (χ1v) is 7.45. The van der Waals surface area contributed by atoms with Crippen LogP contribution in [-0.4, -0.2) is 50.1 Å². The summed E-state index contributed by atoms with van der Waals surface area (Å²) in [5, 5.41) is 0. The van der Waals surface area contributed by atoms with E-state index in [0.717, 1.165) is 19.3 Å². The third kappa shape index (κ3) is 3.81. The molecule has 0 aromatic heterocycles. The van der Waals surface area contributed by atoms with Gasteiger partial charge in [0.2, 0.25) is 0 Å². The van der Waals surface area contributed by atoms with Gasteiger partial charge in [0.25, 0.3) is 6.47 Å². The van der Waals surface area contributed by atoms with Crippen molar-refractivity contribution < 1.29 is 28.5 Å². The van der Waals surface area contributed by atoms with Gasteiger partial charge < -0.3 is 18.9 Å². The van der Waals surface area contributed by atoms with Gasteiger partial charge in [0.05, 0.1) is 6.61 Å². The van der Waals surface area contributed by atoms with Gasteiger partial charge in [0.1, 0.15) is 18.0 Å². The van der Waals surface area contributed by atoms with E-state index in [1.54, 1.807) is 13.8 Å². The fourth-order valence-electron chi connectivity index (χ4n) is 3.22. The van der Waals surface area contributed by atoms with Gasteiger partial charge in [-0.1, -0.05) is 6.42 Å². The minimum atomic E-state index is -0.800. The summed E-state index contributed by atoms with van der Waals surface area (Å²) in [6.07, 6.45) is 1.86. The monoisotopic (exact) mass is 300 g/mol. The average Bonchev–Trinajstić information content (AvgIpc) is 2.75. The number of carbonyl (C=O) groups excluding carboxylic acids is 2. The van der Waals surface area contributed by atoms with Crippen LogP contribution in [0.25, 0.3) is 0 Å². The van der Waals surface area contributed by atoms with Crippen LogP contribution < -0.4 is 0 Å². The van der Waals surface area contributed by atoms with E-state index in [2.05, 4.69) is 0 Å². The van der Waals surface area contributed by atoms with Crippen molar-refractivity contribution in [2.75, 3.05) is 13.7 Å². The molecule has 21 heavy (non-hydrogen) atoms. The molecule has 1 aliphatic heterocycles. The molecule has 6 heteroatoms. The van der Waals surface area contributed by atoms with Crippen LogP contribution in [0.1, 0.15) is 39.5 Å². The van der Waals surface area contributed by atoms with E-state index in [4.69, 9.17) is 18.9 Å². The Balaban J connectivity index is 2.18. The molecule has 0 N–H and O–H groups in total. The zero-order chi connectivity index (χ0) is 15.5. The number of carbonyl (C=O) groups is 2. The molecule has 0 amide bonds.